The number of ether oxygens (including phenoxy) is 2. The van der Waals surface area contributed by atoms with Gasteiger partial charge in [0.25, 0.3) is 0 Å². The minimum atomic E-state index is -3.43. The summed E-state index contributed by atoms with van der Waals surface area (Å²) >= 11 is 0. The first-order valence-electron chi connectivity index (χ1n) is 11.7. The number of aryl methyl sites for hydroxylation is 1. The molecule has 2 aliphatic rings. The van der Waals surface area contributed by atoms with Crippen molar-refractivity contribution in [3.05, 3.63) is 47.2 Å². The second-order valence-electron chi connectivity index (χ2n) is 9.98. The number of fused-ring (bicyclic) bond motifs is 1. The molecule has 4 rings (SSSR count). The number of benzene rings is 1. The van der Waals surface area contributed by atoms with Crippen LogP contribution in [0, 0.1) is 4.78 Å². The highest BCUT2D eigenvalue weighted by atomic mass is 32.2. The van der Waals surface area contributed by atoms with Crippen LogP contribution in [0.3, 0.4) is 0 Å². The average molecular weight is 501 g/mol. The van der Waals surface area contributed by atoms with Gasteiger partial charge in [-0.3, -0.25) is 9.52 Å². The van der Waals surface area contributed by atoms with Gasteiger partial charge in [0.05, 0.1) is 18.8 Å². The third-order valence-corrected chi connectivity index (χ3v) is 8.00. The zero-order chi connectivity index (χ0) is 25.4. The molecule has 35 heavy (non-hydrogen) atoms. The smallest absolute Gasteiger partial charge is 0.410 e. The lowest BCUT2D eigenvalue weighted by Crippen LogP contribution is -2.60. The van der Waals surface area contributed by atoms with E-state index in [1.165, 1.54) is 10.5 Å². The van der Waals surface area contributed by atoms with E-state index in [2.05, 4.69) is 15.8 Å². The van der Waals surface area contributed by atoms with Crippen molar-refractivity contribution in [1.29, 1.82) is 4.78 Å². The molecule has 0 radical (unpaired) electrons. The lowest BCUT2D eigenvalue weighted by atomic mass is 9.91. The summed E-state index contributed by atoms with van der Waals surface area (Å²) in [5, 5.41) is -0.635. The first-order valence-corrected chi connectivity index (χ1v) is 13.3. The van der Waals surface area contributed by atoms with Crippen LogP contribution in [-0.2, 0) is 38.7 Å². The summed E-state index contributed by atoms with van der Waals surface area (Å²) in [4.78, 5) is 30.7. The molecule has 2 heterocycles. The summed E-state index contributed by atoms with van der Waals surface area (Å²) in [5.41, 5.74) is 4.39. The molecule has 10 heteroatoms. The third kappa shape index (κ3) is 5.58. The number of likely N-dealkylation sites (tertiary alicyclic amines) is 1. The van der Waals surface area contributed by atoms with Gasteiger partial charge >= 0.3 is 6.09 Å². The first-order chi connectivity index (χ1) is 16.5. The van der Waals surface area contributed by atoms with E-state index in [4.69, 9.17) is 14.3 Å². The number of rotatable bonds is 6. The van der Waals surface area contributed by atoms with E-state index in [1.54, 1.807) is 34.1 Å². The van der Waals surface area contributed by atoms with Crippen LogP contribution in [0.1, 0.15) is 43.9 Å². The maximum Gasteiger partial charge on any atom is 0.410 e. The molecular weight excluding hydrogens is 468 g/mol. The van der Waals surface area contributed by atoms with Gasteiger partial charge in [0.2, 0.25) is 11.8 Å². The van der Waals surface area contributed by atoms with Crippen LogP contribution in [0.25, 0.3) is 11.1 Å². The number of aromatic nitrogens is 1. The Kier molecular flexibility index (Phi) is 6.77. The maximum absolute atomic E-state index is 13.0. The molecule has 1 unspecified atom stereocenters. The van der Waals surface area contributed by atoms with Crippen LogP contribution in [-0.4, -0.2) is 57.1 Å². The molecule has 1 aromatic heterocycles. The Morgan fingerprint density at radius 3 is 2.66 bits per heavy atom. The van der Waals surface area contributed by atoms with Crippen LogP contribution in [0.5, 0.6) is 5.88 Å². The van der Waals surface area contributed by atoms with E-state index in [9.17, 15) is 13.8 Å². The van der Waals surface area contributed by atoms with Crippen molar-refractivity contribution >= 4 is 21.9 Å². The van der Waals surface area contributed by atoms with Gasteiger partial charge in [-0.25, -0.2) is 18.8 Å². The molecule has 1 saturated heterocycles. The fraction of sp³-hybridized carbons (Fsp3) is 0.480. The predicted octanol–water partition coefficient (Wildman–Crippen LogP) is 3.49. The number of hydrogen-bond donors (Lipinski definition) is 2. The van der Waals surface area contributed by atoms with Crippen molar-refractivity contribution in [3.8, 4) is 17.0 Å². The van der Waals surface area contributed by atoms with Gasteiger partial charge in [-0.05, 0) is 73.9 Å². The quantitative estimate of drug-likeness (QED) is 0.626. The van der Waals surface area contributed by atoms with Crippen molar-refractivity contribution in [2.24, 2.45) is 0 Å². The van der Waals surface area contributed by atoms with E-state index >= 15 is 0 Å². The Bertz CT molecular complexity index is 1250. The summed E-state index contributed by atoms with van der Waals surface area (Å²) in [6, 6.07) is 7.79. The molecule has 0 saturated carbocycles. The predicted molar refractivity (Wildman–Crippen MR) is 133 cm³/mol. The van der Waals surface area contributed by atoms with Crippen molar-refractivity contribution in [2.45, 2.75) is 57.3 Å². The number of nitrogens with one attached hydrogen (secondary N) is 2. The van der Waals surface area contributed by atoms with Crippen molar-refractivity contribution in [3.63, 3.8) is 0 Å². The van der Waals surface area contributed by atoms with E-state index in [1.807, 2.05) is 18.2 Å². The molecule has 1 fully saturated rings. The lowest BCUT2D eigenvalue weighted by molar-refractivity contribution is -0.118. The van der Waals surface area contributed by atoms with Gasteiger partial charge in [-0.15, -0.1) is 0 Å². The number of hydrogen-bond acceptors (Lipinski definition) is 7. The lowest BCUT2D eigenvalue weighted by Gasteiger charge is -2.40. The highest BCUT2D eigenvalue weighted by molar-refractivity contribution is 7.91. The van der Waals surface area contributed by atoms with Gasteiger partial charge < -0.3 is 14.4 Å². The van der Waals surface area contributed by atoms with Crippen LogP contribution < -0.4 is 9.46 Å². The molecule has 9 nitrogen and oxygen atoms in total. The first kappa shape index (κ1) is 25.0. The molecular formula is C25H32N4O5S. The summed E-state index contributed by atoms with van der Waals surface area (Å²) in [5.74, 6) is 0.00962. The maximum atomic E-state index is 13.0. The molecule has 1 aliphatic carbocycles. The van der Waals surface area contributed by atoms with Gasteiger partial charge in [-0.1, -0.05) is 12.1 Å². The van der Waals surface area contributed by atoms with Crippen LogP contribution in [0.15, 0.2) is 30.5 Å². The summed E-state index contributed by atoms with van der Waals surface area (Å²) < 4.78 is 34.4. The second kappa shape index (κ2) is 9.49. The number of methoxy groups -OCH3 is 1. The van der Waals surface area contributed by atoms with Gasteiger partial charge in [0, 0.05) is 25.4 Å². The van der Waals surface area contributed by atoms with E-state index in [0.717, 1.165) is 41.5 Å². The van der Waals surface area contributed by atoms with E-state index in [-0.39, 0.29) is 19.5 Å². The third-order valence-electron chi connectivity index (χ3n) is 6.23. The monoisotopic (exact) mass is 500 g/mol. The molecule has 2 amide bonds. The summed E-state index contributed by atoms with van der Waals surface area (Å²) in [6.07, 6.45) is 4.02. The molecule has 1 aromatic carbocycles. The Hall–Kier alpha value is -3.14. The van der Waals surface area contributed by atoms with Gasteiger partial charge in [0.1, 0.15) is 15.5 Å². The molecule has 2 aromatic rings. The largest absolute Gasteiger partial charge is 0.481 e. The summed E-state index contributed by atoms with van der Waals surface area (Å²) in [6.45, 7) is 5.53. The average Bonchev–Trinajstić information content (AvgIpc) is 3.20. The molecule has 1 atom stereocenters. The number of pyridine rings is 1. The van der Waals surface area contributed by atoms with Gasteiger partial charge in [0.15, 0.2) is 0 Å². The molecule has 0 spiro atoms. The SMILES string of the molecule is COc1cc(-c2ccc3c(c2CC(=O)NS(=N)(=O)C2CN(C(=O)OC(C)(C)C)C2)CCC3)ccn1. The molecule has 1 aliphatic heterocycles. The van der Waals surface area contributed by atoms with Crippen LogP contribution >= 0.6 is 0 Å². The second-order valence-corrected chi connectivity index (χ2v) is 12.1. The van der Waals surface area contributed by atoms with E-state index in [0.29, 0.717) is 5.88 Å². The Morgan fingerprint density at radius 1 is 1.23 bits per heavy atom. The fourth-order valence-corrected chi connectivity index (χ4v) is 5.83. The minimum Gasteiger partial charge on any atom is -0.481 e. The zero-order valence-corrected chi connectivity index (χ0v) is 21.4. The number of nitrogens with zero attached hydrogens (tertiary/aromatic N) is 2. The highest BCUT2D eigenvalue weighted by Gasteiger charge is 2.40. The van der Waals surface area contributed by atoms with E-state index < -0.39 is 32.8 Å². The Labute approximate surface area is 206 Å². The van der Waals surface area contributed by atoms with Crippen LogP contribution in [0.4, 0.5) is 4.79 Å². The fourth-order valence-electron chi connectivity index (χ4n) is 4.48. The number of carbonyl (C=O) groups is 2. The molecule has 2 N–H and O–H groups in total. The van der Waals surface area contributed by atoms with Gasteiger partial charge in [-0.2, -0.15) is 0 Å². The number of amides is 2. The topological polar surface area (TPSA) is 122 Å². The van der Waals surface area contributed by atoms with Crippen LogP contribution in [0.2, 0.25) is 0 Å². The Morgan fingerprint density at radius 2 is 1.97 bits per heavy atom. The highest BCUT2D eigenvalue weighted by Crippen LogP contribution is 2.34. The Balaban J connectivity index is 1.48. The van der Waals surface area contributed by atoms with Crippen molar-refractivity contribution < 1.29 is 23.3 Å². The van der Waals surface area contributed by atoms with Crippen molar-refractivity contribution in [2.75, 3.05) is 20.2 Å². The standard InChI is InChI=1S/C25H32N4O5S/c1-25(2,3)34-24(31)29-14-18(15-29)35(26,32)28-22(30)13-21-19-7-5-6-16(19)8-9-20(21)17-10-11-27-23(12-17)33-4/h8-12,18H,5-7,13-15H2,1-4H3,(H2,26,28,30,32). The summed E-state index contributed by atoms with van der Waals surface area (Å²) in [7, 11) is -1.88. The normalized spacial score (nSPS) is 17.2. The molecule has 188 valence electrons. The molecule has 0 bridgehead atoms. The zero-order valence-electron chi connectivity index (χ0n) is 20.6. The van der Waals surface area contributed by atoms with Crippen molar-refractivity contribution in [1.82, 2.24) is 14.6 Å². The minimum absolute atomic E-state index is 0.0154. The number of carbonyl (C=O) groups excluding carboxylic acids is 2.